The van der Waals surface area contributed by atoms with Gasteiger partial charge in [0.05, 0.1) is 23.5 Å². The van der Waals surface area contributed by atoms with Crippen LogP contribution in [0.1, 0.15) is 29.8 Å². The Bertz CT molecular complexity index is 1260. The number of amides is 1. The predicted octanol–water partition coefficient (Wildman–Crippen LogP) is 3.90. The normalized spacial score (nSPS) is 15.6. The fourth-order valence-corrected chi connectivity index (χ4v) is 3.94. The molecule has 1 saturated heterocycles. The molecule has 0 spiro atoms. The Kier molecular flexibility index (Phi) is 6.91. The Labute approximate surface area is 198 Å². The monoisotopic (exact) mass is 484 g/mol. The number of nitriles is 1. The number of hydrogen-bond acceptors (Lipinski definition) is 6. The van der Waals surface area contributed by atoms with E-state index < -0.39 is 23.9 Å². The van der Waals surface area contributed by atoms with E-state index in [2.05, 4.69) is 20.3 Å². The molecule has 0 radical (unpaired) electrons. The molecule has 0 unspecified atom stereocenters. The van der Waals surface area contributed by atoms with Crippen LogP contribution >= 0.6 is 0 Å². The summed E-state index contributed by atoms with van der Waals surface area (Å²) in [5, 5.41) is 11.7. The Morgan fingerprint density at radius 2 is 1.97 bits per heavy atom. The van der Waals surface area contributed by atoms with E-state index in [-0.39, 0.29) is 23.0 Å². The van der Waals surface area contributed by atoms with Crippen LogP contribution in [-0.2, 0) is 17.4 Å². The van der Waals surface area contributed by atoms with E-state index in [1.54, 1.807) is 24.3 Å². The molecule has 4 rings (SSSR count). The molecule has 0 bridgehead atoms. The van der Waals surface area contributed by atoms with Crippen molar-refractivity contribution in [3.05, 3.63) is 71.6 Å². The summed E-state index contributed by atoms with van der Waals surface area (Å²) in [5.74, 6) is -2.65. The van der Waals surface area contributed by atoms with Crippen molar-refractivity contribution in [3.8, 4) is 17.3 Å². The largest absolute Gasteiger partial charge is 0.451 e. The average Bonchev–Trinajstić information content (AvgIpc) is 3.34. The third-order valence-electron chi connectivity index (χ3n) is 5.66. The number of rotatable bonds is 6. The fourth-order valence-electron chi connectivity index (χ4n) is 3.94. The zero-order chi connectivity index (χ0) is 25.0. The van der Waals surface area contributed by atoms with Crippen molar-refractivity contribution < 1.29 is 22.4 Å². The van der Waals surface area contributed by atoms with Crippen LogP contribution in [0.15, 0.2) is 48.8 Å². The van der Waals surface area contributed by atoms with Crippen molar-refractivity contribution in [1.29, 1.82) is 5.26 Å². The number of carbonyl (C=O) groups excluding carboxylic acids is 1. The molecule has 1 atom stereocenters. The van der Waals surface area contributed by atoms with Gasteiger partial charge in [-0.3, -0.25) is 9.78 Å². The van der Waals surface area contributed by atoms with Gasteiger partial charge in [-0.15, -0.1) is 0 Å². The fraction of sp³-hybridized carbons (Fsp3) is 0.292. The number of pyridine rings is 1. The molecule has 1 aromatic carbocycles. The number of aromatic nitrogens is 3. The Balaban J connectivity index is 1.54. The number of alkyl halides is 3. The molecule has 2 aromatic heterocycles. The first kappa shape index (κ1) is 24.1. The van der Waals surface area contributed by atoms with E-state index in [0.717, 1.165) is 11.8 Å². The van der Waals surface area contributed by atoms with Gasteiger partial charge in [-0.1, -0.05) is 12.1 Å². The number of nitrogens with zero attached hydrogens (tertiary/aromatic N) is 5. The highest BCUT2D eigenvalue weighted by Gasteiger charge is 2.38. The molecule has 3 heterocycles. The van der Waals surface area contributed by atoms with Crippen LogP contribution in [0.25, 0.3) is 11.3 Å². The molecule has 1 fully saturated rings. The first-order valence-corrected chi connectivity index (χ1v) is 10.9. The van der Waals surface area contributed by atoms with E-state index in [4.69, 9.17) is 5.26 Å². The first-order valence-electron chi connectivity index (χ1n) is 10.9. The standard InChI is InChI=1S/C24H20F4N6O/c25-18-14-30-9-8-17(18)19-12-21(33-23(32-19)24(26,27)28)34-11-1-2-20(34)22(35)31-10-7-15-3-5-16(13-29)6-4-15/h3-6,8-9,12,14,20H,1-2,7,10-11H2,(H,31,35)/t20-/m0/s1. The minimum atomic E-state index is -4.85. The smallest absolute Gasteiger partial charge is 0.354 e. The molecule has 35 heavy (non-hydrogen) atoms. The maximum atomic E-state index is 14.2. The van der Waals surface area contributed by atoms with Crippen LogP contribution < -0.4 is 10.2 Å². The second-order valence-corrected chi connectivity index (χ2v) is 7.99. The summed E-state index contributed by atoms with van der Waals surface area (Å²) in [5.41, 5.74) is 1.08. The minimum Gasteiger partial charge on any atom is -0.354 e. The summed E-state index contributed by atoms with van der Waals surface area (Å²) in [6.45, 7) is 0.639. The van der Waals surface area contributed by atoms with Gasteiger partial charge >= 0.3 is 6.18 Å². The van der Waals surface area contributed by atoms with Crippen molar-refractivity contribution in [3.63, 3.8) is 0 Å². The lowest BCUT2D eigenvalue weighted by Gasteiger charge is -2.26. The summed E-state index contributed by atoms with van der Waals surface area (Å²) in [4.78, 5) is 25.2. The lowest BCUT2D eigenvalue weighted by atomic mass is 10.1. The van der Waals surface area contributed by atoms with Gasteiger partial charge in [-0.2, -0.15) is 18.4 Å². The van der Waals surface area contributed by atoms with Crippen LogP contribution in [0.2, 0.25) is 0 Å². The second kappa shape index (κ2) is 10.0. The average molecular weight is 484 g/mol. The van der Waals surface area contributed by atoms with Crippen molar-refractivity contribution >= 4 is 11.7 Å². The number of hydrogen-bond donors (Lipinski definition) is 1. The molecule has 1 N–H and O–H groups in total. The zero-order valence-electron chi connectivity index (χ0n) is 18.4. The van der Waals surface area contributed by atoms with Crippen LogP contribution in [0, 0.1) is 17.1 Å². The maximum absolute atomic E-state index is 14.2. The van der Waals surface area contributed by atoms with Gasteiger partial charge in [0, 0.05) is 30.9 Å². The van der Waals surface area contributed by atoms with Crippen LogP contribution in [0.3, 0.4) is 0 Å². The van der Waals surface area contributed by atoms with E-state index >= 15 is 0 Å². The third-order valence-corrected chi connectivity index (χ3v) is 5.66. The van der Waals surface area contributed by atoms with Gasteiger partial charge in [0.25, 0.3) is 0 Å². The van der Waals surface area contributed by atoms with Gasteiger partial charge in [-0.25, -0.2) is 14.4 Å². The van der Waals surface area contributed by atoms with Gasteiger partial charge < -0.3 is 10.2 Å². The maximum Gasteiger partial charge on any atom is 0.451 e. The van der Waals surface area contributed by atoms with Crippen LogP contribution in [0.4, 0.5) is 23.4 Å². The van der Waals surface area contributed by atoms with E-state index in [0.29, 0.717) is 37.9 Å². The predicted molar refractivity (Wildman–Crippen MR) is 118 cm³/mol. The highest BCUT2D eigenvalue weighted by Crippen LogP contribution is 2.33. The van der Waals surface area contributed by atoms with Crippen molar-refractivity contribution in [2.75, 3.05) is 18.0 Å². The molecule has 0 aliphatic carbocycles. The molecule has 7 nitrogen and oxygen atoms in total. The molecular formula is C24H20F4N6O. The van der Waals surface area contributed by atoms with E-state index in [9.17, 15) is 22.4 Å². The Hall–Kier alpha value is -4.07. The SMILES string of the molecule is N#Cc1ccc(CCNC(=O)[C@@H]2CCCN2c2cc(-c3ccncc3F)nc(C(F)(F)F)n2)cc1. The second-order valence-electron chi connectivity index (χ2n) is 7.99. The highest BCUT2D eigenvalue weighted by molar-refractivity contribution is 5.85. The van der Waals surface area contributed by atoms with Gasteiger partial charge in [-0.05, 0) is 43.0 Å². The van der Waals surface area contributed by atoms with Crippen molar-refractivity contribution in [2.24, 2.45) is 0 Å². The molecular weight excluding hydrogens is 464 g/mol. The zero-order valence-corrected chi connectivity index (χ0v) is 18.4. The molecule has 3 aromatic rings. The van der Waals surface area contributed by atoms with Gasteiger partial charge in [0.2, 0.25) is 11.7 Å². The molecule has 1 amide bonds. The molecule has 1 aliphatic heterocycles. The van der Waals surface area contributed by atoms with Crippen molar-refractivity contribution in [2.45, 2.75) is 31.5 Å². The molecule has 180 valence electrons. The quantitative estimate of drug-likeness (QED) is 0.534. The number of benzene rings is 1. The van der Waals surface area contributed by atoms with Crippen LogP contribution in [0.5, 0.6) is 0 Å². The number of nitrogens with one attached hydrogen (secondary N) is 1. The van der Waals surface area contributed by atoms with E-state index in [1.807, 2.05) is 6.07 Å². The summed E-state index contributed by atoms with van der Waals surface area (Å²) in [6, 6.07) is 10.8. The van der Waals surface area contributed by atoms with E-state index in [1.165, 1.54) is 23.2 Å². The summed E-state index contributed by atoms with van der Waals surface area (Å²) in [6.07, 6.45) is -1.16. The Morgan fingerprint density at radius 1 is 1.20 bits per heavy atom. The summed E-state index contributed by atoms with van der Waals surface area (Å²) in [7, 11) is 0. The number of anilines is 1. The minimum absolute atomic E-state index is 0.0942. The lowest BCUT2D eigenvalue weighted by molar-refractivity contribution is -0.144. The molecule has 0 saturated carbocycles. The topological polar surface area (TPSA) is 94.8 Å². The van der Waals surface area contributed by atoms with Crippen LogP contribution in [-0.4, -0.2) is 40.0 Å². The third kappa shape index (κ3) is 5.54. The number of halogens is 4. The van der Waals surface area contributed by atoms with Crippen molar-refractivity contribution in [1.82, 2.24) is 20.3 Å². The highest BCUT2D eigenvalue weighted by atomic mass is 19.4. The lowest BCUT2D eigenvalue weighted by Crippen LogP contribution is -2.44. The van der Waals surface area contributed by atoms with Gasteiger partial charge in [0.1, 0.15) is 11.9 Å². The summed E-state index contributed by atoms with van der Waals surface area (Å²) < 4.78 is 54.8. The number of carbonyl (C=O) groups is 1. The van der Waals surface area contributed by atoms with Gasteiger partial charge in [0.15, 0.2) is 5.82 Å². The summed E-state index contributed by atoms with van der Waals surface area (Å²) >= 11 is 0. The molecule has 11 heteroatoms. The first-order chi connectivity index (χ1) is 16.8. The Morgan fingerprint density at radius 3 is 2.66 bits per heavy atom. The molecule has 1 aliphatic rings.